The van der Waals surface area contributed by atoms with Crippen LogP contribution in [0.1, 0.15) is 30.1 Å². The molecule has 2 N–H and O–H groups in total. The summed E-state index contributed by atoms with van der Waals surface area (Å²) in [6.45, 7) is 3.57. The van der Waals surface area contributed by atoms with E-state index in [9.17, 15) is 4.79 Å². The SMILES string of the molecule is CCCCN(C)CC(=O)c1cccc(N)c1. The van der Waals surface area contributed by atoms with E-state index in [4.69, 9.17) is 5.73 Å². The third-order valence-corrected chi connectivity index (χ3v) is 2.52. The fraction of sp³-hybridized carbons (Fsp3) is 0.462. The second-order valence-electron chi connectivity index (χ2n) is 4.14. The molecule has 0 saturated heterocycles. The molecule has 0 aliphatic rings. The van der Waals surface area contributed by atoms with Gasteiger partial charge in [-0.2, -0.15) is 0 Å². The van der Waals surface area contributed by atoms with Gasteiger partial charge in [-0.25, -0.2) is 0 Å². The average molecular weight is 220 g/mol. The number of ketones is 1. The Morgan fingerprint density at radius 3 is 2.81 bits per heavy atom. The number of carbonyl (C=O) groups excluding carboxylic acids is 1. The van der Waals surface area contributed by atoms with Gasteiger partial charge in [0.05, 0.1) is 6.54 Å². The van der Waals surface area contributed by atoms with Crippen LogP contribution < -0.4 is 5.73 Å². The zero-order valence-electron chi connectivity index (χ0n) is 10.1. The number of hydrogen-bond acceptors (Lipinski definition) is 3. The van der Waals surface area contributed by atoms with Crippen molar-refractivity contribution in [3.63, 3.8) is 0 Å². The number of unbranched alkanes of at least 4 members (excludes halogenated alkanes) is 1. The minimum Gasteiger partial charge on any atom is -0.399 e. The number of hydrogen-bond donors (Lipinski definition) is 1. The van der Waals surface area contributed by atoms with E-state index in [0.29, 0.717) is 17.8 Å². The smallest absolute Gasteiger partial charge is 0.176 e. The van der Waals surface area contributed by atoms with E-state index in [1.165, 1.54) is 0 Å². The Morgan fingerprint density at radius 1 is 1.44 bits per heavy atom. The van der Waals surface area contributed by atoms with Crippen molar-refractivity contribution >= 4 is 11.5 Å². The Kier molecular flexibility index (Phi) is 4.99. The third-order valence-electron chi connectivity index (χ3n) is 2.52. The first-order valence-corrected chi connectivity index (χ1v) is 5.70. The number of nitrogens with zero attached hydrogens (tertiary/aromatic N) is 1. The number of rotatable bonds is 6. The number of nitrogen functional groups attached to an aromatic ring is 1. The Labute approximate surface area is 97.2 Å². The van der Waals surface area contributed by atoms with Gasteiger partial charge in [-0.15, -0.1) is 0 Å². The van der Waals surface area contributed by atoms with Gasteiger partial charge in [0.2, 0.25) is 0 Å². The van der Waals surface area contributed by atoms with Crippen molar-refractivity contribution in [2.75, 3.05) is 25.9 Å². The summed E-state index contributed by atoms with van der Waals surface area (Å²) in [7, 11) is 1.97. The molecule has 0 aliphatic heterocycles. The normalized spacial score (nSPS) is 10.7. The van der Waals surface area contributed by atoms with Gasteiger partial charge in [-0.3, -0.25) is 9.69 Å². The number of carbonyl (C=O) groups is 1. The molecule has 88 valence electrons. The topological polar surface area (TPSA) is 46.3 Å². The summed E-state index contributed by atoms with van der Waals surface area (Å²) in [5, 5.41) is 0. The van der Waals surface area contributed by atoms with E-state index in [1.54, 1.807) is 12.1 Å². The molecular formula is C13H20N2O. The van der Waals surface area contributed by atoms with Crippen LogP contribution in [0.3, 0.4) is 0 Å². The molecule has 1 aromatic carbocycles. The summed E-state index contributed by atoms with van der Waals surface area (Å²) in [4.78, 5) is 13.9. The molecule has 0 amide bonds. The molecule has 0 fully saturated rings. The second kappa shape index (κ2) is 6.28. The van der Waals surface area contributed by atoms with Crippen LogP contribution in [-0.2, 0) is 0 Å². The van der Waals surface area contributed by atoms with Crippen LogP contribution in [0.15, 0.2) is 24.3 Å². The van der Waals surface area contributed by atoms with Crippen LogP contribution in [0.2, 0.25) is 0 Å². The minimum absolute atomic E-state index is 0.130. The van der Waals surface area contributed by atoms with E-state index in [-0.39, 0.29) is 5.78 Å². The summed E-state index contributed by atoms with van der Waals surface area (Å²) in [6, 6.07) is 7.15. The molecule has 0 aliphatic carbocycles. The molecule has 0 bridgehead atoms. The van der Waals surface area contributed by atoms with Gasteiger partial charge in [0.1, 0.15) is 0 Å². The third kappa shape index (κ3) is 4.03. The van der Waals surface area contributed by atoms with E-state index in [0.717, 1.165) is 19.4 Å². The van der Waals surface area contributed by atoms with Crippen molar-refractivity contribution in [2.24, 2.45) is 0 Å². The van der Waals surface area contributed by atoms with Crippen molar-refractivity contribution in [3.05, 3.63) is 29.8 Å². The van der Waals surface area contributed by atoms with Crippen molar-refractivity contribution < 1.29 is 4.79 Å². The molecule has 16 heavy (non-hydrogen) atoms. The summed E-state index contributed by atoms with van der Waals surface area (Å²) in [5.74, 6) is 0.130. The van der Waals surface area contributed by atoms with Crippen LogP contribution in [0, 0.1) is 0 Å². The average Bonchev–Trinajstić information content (AvgIpc) is 2.26. The molecule has 1 aromatic rings. The second-order valence-corrected chi connectivity index (χ2v) is 4.14. The fourth-order valence-corrected chi connectivity index (χ4v) is 1.56. The maximum atomic E-state index is 11.9. The van der Waals surface area contributed by atoms with E-state index in [1.807, 2.05) is 19.2 Å². The van der Waals surface area contributed by atoms with E-state index < -0.39 is 0 Å². The molecule has 0 unspecified atom stereocenters. The van der Waals surface area contributed by atoms with Crippen molar-refractivity contribution in [3.8, 4) is 0 Å². The van der Waals surface area contributed by atoms with Crippen LogP contribution >= 0.6 is 0 Å². The van der Waals surface area contributed by atoms with Crippen LogP contribution in [0.25, 0.3) is 0 Å². The largest absolute Gasteiger partial charge is 0.399 e. The molecule has 0 heterocycles. The number of anilines is 1. The lowest BCUT2D eigenvalue weighted by Gasteiger charge is -2.15. The van der Waals surface area contributed by atoms with Gasteiger partial charge < -0.3 is 5.73 Å². The Balaban J connectivity index is 2.52. The van der Waals surface area contributed by atoms with Gasteiger partial charge in [0, 0.05) is 11.3 Å². The first-order valence-electron chi connectivity index (χ1n) is 5.70. The lowest BCUT2D eigenvalue weighted by molar-refractivity contribution is 0.0945. The van der Waals surface area contributed by atoms with Gasteiger partial charge in [0.25, 0.3) is 0 Å². The van der Waals surface area contributed by atoms with Crippen molar-refractivity contribution in [1.29, 1.82) is 0 Å². The molecule has 0 radical (unpaired) electrons. The quantitative estimate of drug-likeness (QED) is 0.590. The summed E-state index contributed by atoms with van der Waals surface area (Å²) < 4.78 is 0. The highest BCUT2D eigenvalue weighted by Gasteiger charge is 2.08. The maximum Gasteiger partial charge on any atom is 0.176 e. The van der Waals surface area contributed by atoms with Gasteiger partial charge >= 0.3 is 0 Å². The Hall–Kier alpha value is -1.35. The molecular weight excluding hydrogens is 200 g/mol. The summed E-state index contributed by atoms with van der Waals surface area (Å²) in [6.07, 6.45) is 2.28. The molecule has 0 saturated carbocycles. The molecule has 1 rings (SSSR count). The Bertz CT molecular complexity index is 350. The molecule has 3 nitrogen and oxygen atoms in total. The van der Waals surface area contributed by atoms with E-state index in [2.05, 4.69) is 11.8 Å². The molecule has 0 spiro atoms. The molecule has 3 heteroatoms. The van der Waals surface area contributed by atoms with Crippen LogP contribution in [0.5, 0.6) is 0 Å². The summed E-state index contributed by atoms with van der Waals surface area (Å²) >= 11 is 0. The molecule has 0 atom stereocenters. The predicted octanol–water partition coefficient (Wildman–Crippen LogP) is 2.18. The zero-order valence-corrected chi connectivity index (χ0v) is 10.1. The monoisotopic (exact) mass is 220 g/mol. The first kappa shape index (κ1) is 12.7. The number of benzene rings is 1. The van der Waals surface area contributed by atoms with Crippen molar-refractivity contribution in [2.45, 2.75) is 19.8 Å². The van der Waals surface area contributed by atoms with Gasteiger partial charge in [0.15, 0.2) is 5.78 Å². The number of Topliss-reactive ketones (excluding diaryl/α,β-unsaturated/α-hetero) is 1. The van der Waals surface area contributed by atoms with Crippen LogP contribution in [0.4, 0.5) is 5.69 Å². The zero-order chi connectivity index (χ0) is 12.0. The minimum atomic E-state index is 0.130. The molecule has 0 aromatic heterocycles. The lowest BCUT2D eigenvalue weighted by atomic mass is 10.1. The van der Waals surface area contributed by atoms with Gasteiger partial charge in [-0.05, 0) is 32.1 Å². The fourth-order valence-electron chi connectivity index (χ4n) is 1.56. The Morgan fingerprint density at radius 2 is 2.19 bits per heavy atom. The standard InChI is InChI=1S/C13H20N2O/c1-3-4-8-15(2)10-13(16)11-6-5-7-12(14)9-11/h5-7,9H,3-4,8,10,14H2,1-2H3. The highest BCUT2D eigenvalue weighted by atomic mass is 16.1. The first-order chi connectivity index (χ1) is 7.63. The highest BCUT2D eigenvalue weighted by molar-refractivity contribution is 5.98. The maximum absolute atomic E-state index is 11.9. The lowest BCUT2D eigenvalue weighted by Crippen LogP contribution is -2.26. The number of likely N-dealkylation sites (N-methyl/N-ethyl adjacent to an activating group) is 1. The van der Waals surface area contributed by atoms with Gasteiger partial charge in [-0.1, -0.05) is 25.5 Å². The number of nitrogens with two attached hydrogens (primary N) is 1. The van der Waals surface area contributed by atoms with Crippen LogP contribution in [-0.4, -0.2) is 30.8 Å². The summed E-state index contributed by atoms with van der Waals surface area (Å²) in [5.41, 5.74) is 6.98. The van der Waals surface area contributed by atoms with E-state index >= 15 is 0 Å². The van der Waals surface area contributed by atoms with Crippen molar-refractivity contribution in [1.82, 2.24) is 4.90 Å². The highest BCUT2D eigenvalue weighted by Crippen LogP contribution is 2.08. The predicted molar refractivity (Wildman–Crippen MR) is 67.6 cm³/mol.